The van der Waals surface area contributed by atoms with Crippen molar-refractivity contribution >= 4 is 21.4 Å². The van der Waals surface area contributed by atoms with Crippen LogP contribution in [0.4, 0.5) is 0 Å². The van der Waals surface area contributed by atoms with E-state index < -0.39 is 10.0 Å². The number of nitrogens with one attached hydrogen (secondary N) is 1. The molecule has 0 amide bonds. The summed E-state index contributed by atoms with van der Waals surface area (Å²) in [7, 11) is -3.46. The lowest BCUT2D eigenvalue weighted by molar-refractivity contribution is 0.570. The van der Waals surface area contributed by atoms with Gasteiger partial charge in [-0.25, -0.2) is 13.1 Å². The van der Waals surface area contributed by atoms with Gasteiger partial charge in [0.25, 0.3) is 0 Å². The van der Waals surface area contributed by atoms with Crippen molar-refractivity contribution in [1.29, 1.82) is 0 Å². The molecule has 0 bridgehead atoms. The molecule has 4 nitrogen and oxygen atoms in total. The van der Waals surface area contributed by atoms with E-state index in [1.165, 1.54) is 11.3 Å². The van der Waals surface area contributed by atoms with Gasteiger partial charge < -0.3 is 0 Å². The molecule has 2 aromatic heterocycles. The SMILES string of the molecule is O=S(=O)(NCC(Cc1ccncc1)c1ccccc1)c1cccs1. The maximum absolute atomic E-state index is 12.4. The first-order valence-corrected chi connectivity index (χ1v) is 9.98. The molecule has 1 unspecified atom stereocenters. The zero-order valence-electron chi connectivity index (χ0n) is 13.0. The van der Waals surface area contributed by atoms with E-state index in [-0.39, 0.29) is 5.92 Å². The molecule has 124 valence electrons. The van der Waals surface area contributed by atoms with Crippen LogP contribution in [0, 0.1) is 0 Å². The summed E-state index contributed by atoms with van der Waals surface area (Å²) in [5.41, 5.74) is 2.25. The number of aromatic nitrogens is 1. The van der Waals surface area contributed by atoms with Crippen molar-refractivity contribution in [3.05, 3.63) is 83.5 Å². The van der Waals surface area contributed by atoms with Crippen LogP contribution in [0.1, 0.15) is 17.0 Å². The highest BCUT2D eigenvalue weighted by Gasteiger charge is 2.19. The van der Waals surface area contributed by atoms with Gasteiger partial charge in [-0.05, 0) is 41.1 Å². The zero-order valence-corrected chi connectivity index (χ0v) is 14.6. The molecule has 6 heteroatoms. The molecule has 1 atom stereocenters. The number of thiophene rings is 1. The Hall–Kier alpha value is -2.02. The Kier molecular flexibility index (Phi) is 5.40. The summed E-state index contributed by atoms with van der Waals surface area (Å²) in [6.45, 7) is 0.354. The Morgan fingerprint density at radius 1 is 1.00 bits per heavy atom. The average molecular weight is 358 g/mol. The zero-order chi connectivity index (χ0) is 16.8. The van der Waals surface area contributed by atoms with Crippen LogP contribution in [0.3, 0.4) is 0 Å². The minimum absolute atomic E-state index is 0.0586. The molecule has 0 saturated heterocycles. The molecule has 1 aromatic carbocycles. The topological polar surface area (TPSA) is 59.1 Å². The van der Waals surface area contributed by atoms with E-state index in [1.807, 2.05) is 42.5 Å². The van der Waals surface area contributed by atoms with Gasteiger partial charge in [0.2, 0.25) is 10.0 Å². The van der Waals surface area contributed by atoms with Crippen LogP contribution in [-0.4, -0.2) is 19.9 Å². The van der Waals surface area contributed by atoms with Gasteiger partial charge in [0, 0.05) is 24.9 Å². The Labute approximate surface area is 146 Å². The first-order valence-electron chi connectivity index (χ1n) is 7.62. The highest BCUT2D eigenvalue weighted by atomic mass is 32.2. The van der Waals surface area contributed by atoms with E-state index >= 15 is 0 Å². The quantitative estimate of drug-likeness (QED) is 0.704. The van der Waals surface area contributed by atoms with Crippen LogP contribution in [0.2, 0.25) is 0 Å². The van der Waals surface area contributed by atoms with E-state index in [0.29, 0.717) is 10.8 Å². The normalized spacial score (nSPS) is 12.8. The van der Waals surface area contributed by atoms with Crippen molar-refractivity contribution in [2.45, 2.75) is 16.5 Å². The van der Waals surface area contributed by atoms with Gasteiger partial charge in [0.05, 0.1) is 0 Å². The molecule has 3 rings (SSSR count). The summed E-state index contributed by atoms with van der Waals surface area (Å²) in [6.07, 6.45) is 4.26. The van der Waals surface area contributed by atoms with E-state index in [2.05, 4.69) is 9.71 Å². The van der Waals surface area contributed by atoms with Gasteiger partial charge >= 0.3 is 0 Å². The summed E-state index contributed by atoms with van der Waals surface area (Å²) in [6, 6.07) is 17.3. The minimum atomic E-state index is -3.46. The number of rotatable bonds is 7. The standard InChI is InChI=1S/C18H18N2O2S2/c21-24(22,18-7-4-12-23-18)20-14-17(16-5-2-1-3-6-16)13-15-8-10-19-11-9-15/h1-12,17,20H,13-14H2. The van der Waals surface area contributed by atoms with Crippen LogP contribution in [0.25, 0.3) is 0 Å². The lowest BCUT2D eigenvalue weighted by Gasteiger charge is -2.18. The molecule has 0 radical (unpaired) electrons. The van der Waals surface area contributed by atoms with Crippen LogP contribution in [-0.2, 0) is 16.4 Å². The molecule has 0 spiro atoms. The first-order chi connectivity index (χ1) is 11.6. The molecular formula is C18H18N2O2S2. The molecule has 2 heterocycles. The van der Waals surface area contributed by atoms with Crippen molar-refractivity contribution < 1.29 is 8.42 Å². The second-order valence-electron chi connectivity index (χ2n) is 5.45. The number of hydrogen-bond donors (Lipinski definition) is 1. The van der Waals surface area contributed by atoms with E-state index in [1.54, 1.807) is 29.9 Å². The molecule has 0 fully saturated rings. The Bertz CT molecular complexity index is 849. The van der Waals surface area contributed by atoms with E-state index in [0.717, 1.165) is 17.5 Å². The molecule has 0 aliphatic heterocycles. The summed E-state index contributed by atoms with van der Waals surface area (Å²) in [5, 5.41) is 1.76. The largest absolute Gasteiger partial charge is 0.265 e. The smallest absolute Gasteiger partial charge is 0.250 e. The fraction of sp³-hybridized carbons (Fsp3) is 0.167. The second kappa shape index (κ2) is 7.70. The predicted molar refractivity (Wildman–Crippen MR) is 96.6 cm³/mol. The van der Waals surface area contributed by atoms with Gasteiger partial charge in [0.1, 0.15) is 4.21 Å². The monoisotopic (exact) mass is 358 g/mol. The summed E-state index contributed by atoms with van der Waals surface area (Å²) < 4.78 is 27.8. The molecule has 0 aliphatic rings. The fourth-order valence-corrected chi connectivity index (χ4v) is 4.65. The molecule has 3 aromatic rings. The summed E-state index contributed by atoms with van der Waals surface area (Å²) in [5.74, 6) is 0.0586. The average Bonchev–Trinajstić information content (AvgIpc) is 3.16. The highest BCUT2D eigenvalue weighted by molar-refractivity contribution is 7.91. The van der Waals surface area contributed by atoms with Crippen LogP contribution >= 0.6 is 11.3 Å². The number of hydrogen-bond acceptors (Lipinski definition) is 4. The van der Waals surface area contributed by atoms with Crippen molar-refractivity contribution in [1.82, 2.24) is 9.71 Å². The van der Waals surface area contributed by atoms with E-state index in [9.17, 15) is 8.42 Å². The molecule has 24 heavy (non-hydrogen) atoms. The molecule has 0 aliphatic carbocycles. The third-order valence-electron chi connectivity index (χ3n) is 3.78. The fourth-order valence-electron chi connectivity index (χ4n) is 2.53. The van der Waals surface area contributed by atoms with Crippen molar-refractivity contribution in [3.8, 4) is 0 Å². The van der Waals surface area contributed by atoms with Gasteiger partial charge in [0.15, 0.2) is 0 Å². The Morgan fingerprint density at radius 3 is 2.42 bits per heavy atom. The summed E-state index contributed by atoms with van der Waals surface area (Å²) in [4.78, 5) is 4.03. The molecule has 1 N–H and O–H groups in total. The van der Waals surface area contributed by atoms with Crippen LogP contribution in [0.15, 0.2) is 76.6 Å². The van der Waals surface area contributed by atoms with Crippen molar-refractivity contribution in [2.24, 2.45) is 0 Å². The van der Waals surface area contributed by atoms with Gasteiger partial charge in [-0.1, -0.05) is 36.4 Å². The molecular weight excluding hydrogens is 340 g/mol. The highest BCUT2D eigenvalue weighted by Crippen LogP contribution is 2.22. The van der Waals surface area contributed by atoms with Crippen LogP contribution in [0.5, 0.6) is 0 Å². The third-order valence-corrected chi connectivity index (χ3v) is 6.60. The lowest BCUT2D eigenvalue weighted by atomic mass is 9.92. The molecule has 0 saturated carbocycles. The van der Waals surface area contributed by atoms with Gasteiger partial charge in [-0.15, -0.1) is 11.3 Å². The van der Waals surface area contributed by atoms with Gasteiger partial charge in [-0.2, -0.15) is 0 Å². The third kappa shape index (κ3) is 4.29. The lowest BCUT2D eigenvalue weighted by Crippen LogP contribution is -2.29. The van der Waals surface area contributed by atoms with E-state index in [4.69, 9.17) is 0 Å². The van der Waals surface area contributed by atoms with Crippen LogP contribution < -0.4 is 4.72 Å². The van der Waals surface area contributed by atoms with Gasteiger partial charge in [-0.3, -0.25) is 4.98 Å². The number of pyridine rings is 1. The number of nitrogens with zero attached hydrogens (tertiary/aromatic N) is 1. The summed E-state index contributed by atoms with van der Waals surface area (Å²) >= 11 is 1.22. The Morgan fingerprint density at radius 2 is 1.75 bits per heavy atom. The maximum atomic E-state index is 12.4. The number of benzene rings is 1. The van der Waals surface area contributed by atoms with Crippen molar-refractivity contribution in [2.75, 3.05) is 6.54 Å². The second-order valence-corrected chi connectivity index (χ2v) is 8.39. The first kappa shape index (κ1) is 16.8. The maximum Gasteiger partial charge on any atom is 0.250 e. The predicted octanol–water partition coefficient (Wildman–Crippen LogP) is 3.45. The number of sulfonamides is 1. The Balaban J connectivity index is 1.78. The minimum Gasteiger partial charge on any atom is -0.265 e. The van der Waals surface area contributed by atoms with Crippen molar-refractivity contribution in [3.63, 3.8) is 0 Å².